The number of nitrogens with zero attached hydrogens (tertiary/aromatic N) is 3. The van der Waals surface area contributed by atoms with Crippen LogP contribution in [0.15, 0.2) is 30.5 Å². The van der Waals surface area contributed by atoms with Crippen LogP contribution in [-0.4, -0.2) is 23.1 Å². The second-order valence-electron chi connectivity index (χ2n) is 7.36. The Balaban J connectivity index is 1.97. The zero-order valence-electron chi connectivity index (χ0n) is 16.5. The van der Waals surface area contributed by atoms with E-state index in [9.17, 15) is 13.2 Å². The van der Waals surface area contributed by atoms with Crippen LogP contribution in [0.3, 0.4) is 0 Å². The summed E-state index contributed by atoms with van der Waals surface area (Å²) in [4.78, 5) is 9.34. The van der Waals surface area contributed by atoms with Gasteiger partial charge < -0.3 is 9.64 Å². The Morgan fingerprint density at radius 1 is 1.25 bits per heavy atom. The average Bonchev–Trinajstić information content (AvgIpc) is 3.21. The van der Waals surface area contributed by atoms with Gasteiger partial charge in [0.25, 0.3) is 0 Å². The number of benzene rings is 1. The highest BCUT2D eigenvalue weighted by Crippen LogP contribution is 2.39. The Hall–Kier alpha value is -2.31. The lowest BCUT2D eigenvalue weighted by molar-refractivity contribution is -0.137. The third kappa shape index (κ3) is 4.56. The summed E-state index contributed by atoms with van der Waals surface area (Å²) in [6, 6.07) is 7.67. The van der Waals surface area contributed by atoms with Crippen LogP contribution in [0.4, 0.5) is 24.7 Å². The molecule has 0 spiro atoms. The first-order valence-electron chi connectivity index (χ1n) is 9.74. The second kappa shape index (κ2) is 8.37. The van der Waals surface area contributed by atoms with Gasteiger partial charge >= 0.3 is 12.2 Å². The molecule has 0 N–H and O–H groups in total. The van der Waals surface area contributed by atoms with Crippen molar-refractivity contribution in [2.75, 3.05) is 11.9 Å². The van der Waals surface area contributed by atoms with E-state index in [4.69, 9.17) is 4.74 Å². The van der Waals surface area contributed by atoms with E-state index in [1.807, 2.05) is 26.0 Å². The molecule has 7 heteroatoms. The molecule has 28 heavy (non-hydrogen) atoms. The second-order valence-corrected chi connectivity index (χ2v) is 7.36. The molecule has 0 aliphatic heterocycles. The van der Waals surface area contributed by atoms with Gasteiger partial charge in [-0.3, -0.25) is 0 Å². The Morgan fingerprint density at radius 3 is 2.61 bits per heavy atom. The lowest BCUT2D eigenvalue weighted by atomic mass is 9.97. The summed E-state index contributed by atoms with van der Waals surface area (Å²) >= 11 is 0. The molecule has 1 atom stereocenters. The van der Waals surface area contributed by atoms with Crippen LogP contribution in [0.5, 0.6) is 6.01 Å². The van der Waals surface area contributed by atoms with Crippen molar-refractivity contribution in [3.63, 3.8) is 0 Å². The molecule has 1 aliphatic rings. The first kappa shape index (κ1) is 20.4. The van der Waals surface area contributed by atoms with Gasteiger partial charge in [0.2, 0.25) is 0 Å². The molecule has 1 unspecified atom stereocenters. The van der Waals surface area contributed by atoms with Crippen molar-refractivity contribution in [2.45, 2.75) is 64.1 Å². The van der Waals surface area contributed by atoms with E-state index in [0.29, 0.717) is 18.0 Å². The molecule has 1 heterocycles. The van der Waals surface area contributed by atoms with Gasteiger partial charge in [0.1, 0.15) is 5.56 Å². The van der Waals surface area contributed by atoms with Gasteiger partial charge in [-0.2, -0.15) is 18.2 Å². The standard InChI is InChI=1S/C21H26F3N3O/c1-4-14(2)28-20-25-13-18(21(22,23)24)19(26-20)27(3)17-11-7-10-16(12-17)15-8-5-6-9-15/h7,10-15H,4-6,8-9H2,1-3H3. The van der Waals surface area contributed by atoms with Crippen LogP contribution in [0.1, 0.15) is 63.0 Å². The normalized spacial score (nSPS) is 16.2. The topological polar surface area (TPSA) is 38.2 Å². The number of hydrogen-bond donors (Lipinski definition) is 0. The fourth-order valence-electron chi connectivity index (χ4n) is 3.50. The van der Waals surface area contributed by atoms with Crippen molar-refractivity contribution >= 4 is 11.5 Å². The summed E-state index contributed by atoms with van der Waals surface area (Å²) in [7, 11) is 1.60. The van der Waals surface area contributed by atoms with Crippen LogP contribution in [0.2, 0.25) is 0 Å². The van der Waals surface area contributed by atoms with Crippen molar-refractivity contribution in [1.29, 1.82) is 0 Å². The van der Waals surface area contributed by atoms with Gasteiger partial charge in [0, 0.05) is 18.9 Å². The molecule has 3 rings (SSSR count). The predicted molar refractivity (Wildman–Crippen MR) is 103 cm³/mol. The van der Waals surface area contributed by atoms with E-state index in [1.165, 1.54) is 23.3 Å². The lowest BCUT2D eigenvalue weighted by Crippen LogP contribution is -2.20. The lowest BCUT2D eigenvalue weighted by Gasteiger charge is -2.24. The molecule has 1 fully saturated rings. The van der Waals surface area contributed by atoms with E-state index in [1.54, 1.807) is 13.1 Å². The van der Waals surface area contributed by atoms with Crippen LogP contribution >= 0.6 is 0 Å². The number of halogens is 3. The minimum absolute atomic E-state index is 0.0452. The van der Waals surface area contributed by atoms with E-state index in [2.05, 4.69) is 16.0 Å². The maximum atomic E-state index is 13.6. The largest absolute Gasteiger partial charge is 0.460 e. The maximum absolute atomic E-state index is 13.6. The van der Waals surface area contributed by atoms with Crippen molar-refractivity contribution in [2.24, 2.45) is 0 Å². The van der Waals surface area contributed by atoms with Crippen LogP contribution in [0, 0.1) is 0 Å². The van der Waals surface area contributed by atoms with Gasteiger partial charge in [-0.25, -0.2) is 4.98 Å². The van der Waals surface area contributed by atoms with E-state index in [0.717, 1.165) is 19.0 Å². The van der Waals surface area contributed by atoms with E-state index < -0.39 is 11.7 Å². The van der Waals surface area contributed by atoms with Gasteiger partial charge in [-0.15, -0.1) is 0 Å². The molecule has 1 aromatic heterocycles. The predicted octanol–water partition coefficient (Wildman–Crippen LogP) is 6.10. The summed E-state index contributed by atoms with van der Waals surface area (Å²) in [5.74, 6) is 0.273. The van der Waals surface area contributed by atoms with E-state index >= 15 is 0 Å². The fraction of sp³-hybridized carbons (Fsp3) is 0.524. The highest BCUT2D eigenvalue weighted by atomic mass is 19.4. The molecule has 4 nitrogen and oxygen atoms in total. The summed E-state index contributed by atoms with van der Waals surface area (Å²) in [6.07, 6.45) is 1.43. The van der Waals surface area contributed by atoms with Crippen molar-refractivity contribution in [3.05, 3.63) is 41.6 Å². The Kier molecular flexibility index (Phi) is 6.10. The highest BCUT2D eigenvalue weighted by molar-refractivity contribution is 5.63. The van der Waals surface area contributed by atoms with Gasteiger partial charge in [-0.05, 0) is 49.8 Å². The number of alkyl halides is 3. The third-order valence-electron chi connectivity index (χ3n) is 5.34. The molecule has 152 valence electrons. The quantitative estimate of drug-likeness (QED) is 0.594. The smallest absolute Gasteiger partial charge is 0.421 e. The zero-order chi connectivity index (χ0) is 20.3. The van der Waals surface area contributed by atoms with Gasteiger partial charge in [0.15, 0.2) is 5.82 Å². The molecule has 0 radical (unpaired) electrons. The Bertz CT molecular complexity index is 804. The van der Waals surface area contributed by atoms with Crippen LogP contribution in [-0.2, 0) is 6.18 Å². The van der Waals surface area contributed by atoms with Crippen molar-refractivity contribution < 1.29 is 17.9 Å². The van der Waals surface area contributed by atoms with Gasteiger partial charge in [-0.1, -0.05) is 31.9 Å². The molecule has 0 bridgehead atoms. The fourth-order valence-corrected chi connectivity index (χ4v) is 3.50. The van der Waals surface area contributed by atoms with Crippen LogP contribution < -0.4 is 9.64 Å². The number of anilines is 2. The maximum Gasteiger partial charge on any atom is 0.421 e. The summed E-state index contributed by atoms with van der Waals surface area (Å²) < 4.78 is 46.2. The Morgan fingerprint density at radius 2 is 1.96 bits per heavy atom. The molecule has 0 amide bonds. The summed E-state index contributed by atoms with van der Waals surface area (Å²) in [6.45, 7) is 3.76. The monoisotopic (exact) mass is 393 g/mol. The highest BCUT2D eigenvalue weighted by Gasteiger charge is 2.37. The first-order valence-corrected chi connectivity index (χ1v) is 9.74. The molecule has 1 aliphatic carbocycles. The van der Waals surface area contributed by atoms with Crippen molar-refractivity contribution in [3.8, 4) is 6.01 Å². The third-order valence-corrected chi connectivity index (χ3v) is 5.34. The molecule has 2 aromatic rings. The molecule has 1 saturated carbocycles. The van der Waals surface area contributed by atoms with Crippen LogP contribution in [0.25, 0.3) is 0 Å². The molecule has 0 saturated heterocycles. The minimum atomic E-state index is -4.55. The molecular formula is C21H26F3N3O. The summed E-state index contributed by atoms with van der Waals surface area (Å²) in [5.41, 5.74) is 0.960. The van der Waals surface area contributed by atoms with Gasteiger partial charge in [0.05, 0.1) is 6.10 Å². The molecule has 1 aromatic carbocycles. The average molecular weight is 393 g/mol. The number of ether oxygens (including phenoxy) is 1. The number of rotatable bonds is 6. The number of hydrogen-bond acceptors (Lipinski definition) is 4. The number of aromatic nitrogens is 2. The minimum Gasteiger partial charge on any atom is -0.460 e. The molecular weight excluding hydrogens is 367 g/mol. The Labute approximate surface area is 163 Å². The van der Waals surface area contributed by atoms with E-state index in [-0.39, 0.29) is 17.9 Å². The SMILES string of the molecule is CCC(C)Oc1ncc(C(F)(F)F)c(N(C)c2cccc(C3CCCC3)c2)n1. The van der Waals surface area contributed by atoms with Crippen molar-refractivity contribution in [1.82, 2.24) is 9.97 Å². The summed E-state index contributed by atoms with van der Waals surface area (Å²) in [5, 5.41) is 0. The first-order chi connectivity index (χ1) is 13.3. The zero-order valence-corrected chi connectivity index (χ0v) is 16.5.